The van der Waals surface area contributed by atoms with Gasteiger partial charge < -0.3 is 25.6 Å². The van der Waals surface area contributed by atoms with E-state index < -0.39 is 15.9 Å². The molecule has 3 fully saturated rings. The van der Waals surface area contributed by atoms with E-state index in [1.807, 2.05) is 6.92 Å². The third-order valence-corrected chi connectivity index (χ3v) is 10.5. The van der Waals surface area contributed by atoms with Crippen LogP contribution in [0.4, 0.5) is 16.6 Å². The summed E-state index contributed by atoms with van der Waals surface area (Å²) in [6, 6.07) is -0.106. The highest BCUT2D eigenvalue weighted by molar-refractivity contribution is 7.91. The molecule has 0 bridgehead atoms. The van der Waals surface area contributed by atoms with Gasteiger partial charge in [0.05, 0.1) is 11.5 Å². The highest BCUT2D eigenvalue weighted by Crippen LogP contribution is 2.36. The van der Waals surface area contributed by atoms with Gasteiger partial charge in [0, 0.05) is 25.2 Å². The van der Waals surface area contributed by atoms with Gasteiger partial charge in [0.25, 0.3) is 0 Å². The van der Waals surface area contributed by atoms with Crippen molar-refractivity contribution in [3.63, 3.8) is 0 Å². The first-order valence-corrected chi connectivity index (χ1v) is 15.9. The second-order valence-electron chi connectivity index (χ2n) is 11.8. The van der Waals surface area contributed by atoms with Crippen LogP contribution in [0.15, 0.2) is 4.99 Å². The Hall–Kier alpha value is -2.96. The molecule has 2 aromatic heterocycles. The number of carbonyl (C=O) groups is 1. The highest BCUT2D eigenvalue weighted by atomic mass is 32.2. The molecule has 2 aromatic rings. The monoisotopic (exact) mass is 560 g/mol. The quantitative estimate of drug-likeness (QED) is 0.337. The maximum Gasteiger partial charge on any atom is 0.433 e. The number of rotatable bonds is 7. The molecule has 5 rings (SSSR count). The second kappa shape index (κ2) is 10.9. The van der Waals surface area contributed by atoms with Crippen molar-refractivity contribution in [2.45, 2.75) is 84.3 Å². The van der Waals surface area contributed by atoms with Crippen LogP contribution in [0.1, 0.15) is 71.5 Å². The molecular formula is C26H40N8O4S. The van der Waals surface area contributed by atoms with Crippen molar-refractivity contribution < 1.29 is 18.3 Å². The van der Waals surface area contributed by atoms with Crippen LogP contribution in [-0.4, -0.2) is 75.1 Å². The van der Waals surface area contributed by atoms with Crippen LogP contribution in [-0.2, 0) is 16.4 Å². The van der Waals surface area contributed by atoms with Crippen LogP contribution < -0.4 is 16.0 Å². The van der Waals surface area contributed by atoms with Gasteiger partial charge in [0.1, 0.15) is 5.52 Å². The predicted octanol–water partition coefficient (Wildman–Crippen LogP) is 3.26. The molecule has 1 aliphatic heterocycles. The Kier molecular flexibility index (Phi) is 7.71. The lowest BCUT2D eigenvalue weighted by Crippen LogP contribution is -2.48. The molecule has 3 aliphatic rings. The Morgan fingerprint density at radius 1 is 1.15 bits per heavy atom. The van der Waals surface area contributed by atoms with E-state index in [-0.39, 0.29) is 35.2 Å². The van der Waals surface area contributed by atoms with Crippen LogP contribution in [0.2, 0.25) is 0 Å². The molecule has 4 N–H and O–H groups in total. The number of carboxylic acid groups (broad SMARTS) is 1. The molecule has 2 atom stereocenters. The summed E-state index contributed by atoms with van der Waals surface area (Å²) in [6.45, 7) is 7.41. The van der Waals surface area contributed by atoms with Crippen LogP contribution in [0.3, 0.4) is 0 Å². The Balaban J connectivity index is 1.64. The molecule has 0 radical (unpaired) electrons. The average Bonchev–Trinajstić information content (AvgIpc) is 3.16. The predicted molar refractivity (Wildman–Crippen MR) is 151 cm³/mol. The standard InChI is InChI=1S/C26H40N8O4S/c1-15-7-9-18(10-8-15)13-34-20-22(28-17(3)19-5-4-6-19)30-24(21(27)29-26(35)36)31-23(20)32-25(34)33-11-12-39(37,38)14-16(33)2/h15-19H,4-14H2,1-3H3,(H2,27,29)(H,35,36)(H,28,30,31). The number of hydrogen-bond acceptors (Lipinski definition) is 8. The average molecular weight is 561 g/mol. The number of aliphatic imine (C=N–C) groups is 1. The number of nitrogens with two attached hydrogens (primary N) is 1. The number of aromatic nitrogens is 4. The van der Waals surface area contributed by atoms with Gasteiger partial charge in [-0.15, -0.1) is 0 Å². The zero-order valence-corrected chi connectivity index (χ0v) is 23.8. The zero-order valence-electron chi connectivity index (χ0n) is 23.0. The van der Waals surface area contributed by atoms with Crippen LogP contribution in [0, 0.1) is 17.8 Å². The molecule has 2 saturated carbocycles. The van der Waals surface area contributed by atoms with Crippen LogP contribution >= 0.6 is 0 Å². The first-order valence-electron chi connectivity index (χ1n) is 14.1. The minimum Gasteiger partial charge on any atom is -0.463 e. The lowest BCUT2D eigenvalue weighted by Gasteiger charge is -2.35. The number of amidine groups is 1. The SMILES string of the molecule is CC1CCC(Cn2c(N3CCS(=O)(=O)CC3C)nc3nc(C(N)=NC(=O)O)nc(NC(C)C4CCC4)c32)CC1. The third-order valence-electron chi connectivity index (χ3n) is 8.75. The number of amides is 1. The summed E-state index contributed by atoms with van der Waals surface area (Å²) in [5, 5.41) is 12.7. The molecule has 13 heteroatoms. The lowest BCUT2D eigenvalue weighted by atomic mass is 9.80. The number of nitrogens with zero attached hydrogens (tertiary/aromatic N) is 6. The molecule has 2 aliphatic carbocycles. The molecule has 0 spiro atoms. The summed E-state index contributed by atoms with van der Waals surface area (Å²) in [6.07, 6.45) is 6.65. The Labute approximate surface area is 229 Å². The maximum absolute atomic E-state index is 12.4. The first kappa shape index (κ1) is 27.6. The number of nitrogens with one attached hydrogen (secondary N) is 1. The molecule has 0 aromatic carbocycles. The van der Waals surface area contributed by atoms with E-state index in [2.05, 4.69) is 43.6 Å². The molecule has 214 valence electrons. The van der Waals surface area contributed by atoms with Gasteiger partial charge in [-0.05, 0) is 57.3 Å². The van der Waals surface area contributed by atoms with Crippen molar-refractivity contribution in [3.05, 3.63) is 5.82 Å². The van der Waals surface area contributed by atoms with Gasteiger partial charge in [-0.3, -0.25) is 0 Å². The minimum absolute atomic E-state index is 0.00479. The molecule has 1 amide bonds. The van der Waals surface area contributed by atoms with Crippen molar-refractivity contribution in [3.8, 4) is 0 Å². The third kappa shape index (κ3) is 5.97. The van der Waals surface area contributed by atoms with E-state index in [4.69, 9.17) is 15.8 Å². The summed E-state index contributed by atoms with van der Waals surface area (Å²) < 4.78 is 26.9. The van der Waals surface area contributed by atoms with E-state index in [9.17, 15) is 13.2 Å². The number of imidazole rings is 1. The molecule has 3 heterocycles. The fraction of sp³-hybridized carbons (Fsp3) is 0.731. The van der Waals surface area contributed by atoms with Crippen molar-refractivity contribution in [2.75, 3.05) is 28.3 Å². The minimum atomic E-state index is -3.12. The largest absolute Gasteiger partial charge is 0.463 e. The van der Waals surface area contributed by atoms with E-state index in [0.29, 0.717) is 35.8 Å². The van der Waals surface area contributed by atoms with Gasteiger partial charge in [-0.2, -0.15) is 9.98 Å². The fourth-order valence-corrected chi connectivity index (χ4v) is 7.68. The lowest BCUT2D eigenvalue weighted by molar-refractivity contribution is 0.205. The van der Waals surface area contributed by atoms with Crippen molar-refractivity contribution >= 4 is 44.7 Å². The van der Waals surface area contributed by atoms with Gasteiger partial charge in [0.15, 0.2) is 33.0 Å². The van der Waals surface area contributed by atoms with Gasteiger partial charge >= 0.3 is 6.09 Å². The Bertz CT molecular complexity index is 1360. The van der Waals surface area contributed by atoms with Crippen molar-refractivity contribution in [1.29, 1.82) is 0 Å². The van der Waals surface area contributed by atoms with E-state index in [1.165, 1.54) is 19.3 Å². The molecule has 12 nitrogen and oxygen atoms in total. The van der Waals surface area contributed by atoms with Crippen LogP contribution in [0.5, 0.6) is 0 Å². The second-order valence-corrected chi connectivity index (χ2v) is 14.0. The van der Waals surface area contributed by atoms with E-state index >= 15 is 0 Å². The Morgan fingerprint density at radius 3 is 2.49 bits per heavy atom. The number of hydrogen-bond donors (Lipinski definition) is 3. The van der Waals surface area contributed by atoms with Gasteiger partial charge in [-0.1, -0.05) is 26.2 Å². The molecular weight excluding hydrogens is 520 g/mol. The van der Waals surface area contributed by atoms with Gasteiger partial charge in [-0.25, -0.2) is 23.2 Å². The summed E-state index contributed by atoms with van der Waals surface area (Å²) in [5.41, 5.74) is 7.12. The van der Waals surface area contributed by atoms with Crippen molar-refractivity contribution in [1.82, 2.24) is 19.5 Å². The summed E-state index contributed by atoms with van der Waals surface area (Å²) in [4.78, 5) is 30.9. The summed E-state index contributed by atoms with van der Waals surface area (Å²) in [7, 11) is -3.12. The Morgan fingerprint density at radius 2 is 1.87 bits per heavy atom. The maximum atomic E-state index is 12.4. The van der Waals surface area contributed by atoms with E-state index in [0.717, 1.165) is 43.7 Å². The fourth-order valence-electron chi connectivity index (χ4n) is 6.12. The number of sulfone groups is 1. The topological polar surface area (TPSA) is 169 Å². The van der Waals surface area contributed by atoms with E-state index in [1.54, 1.807) is 0 Å². The zero-order chi connectivity index (χ0) is 27.9. The van der Waals surface area contributed by atoms with Gasteiger partial charge in [0.2, 0.25) is 5.95 Å². The first-order chi connectivity index (χ1) is 18.5. The normalized spacial score (nSPS) is 26.8. The van der Waals surface area contributed by atoms with Crippen molar-refractivity contribution in [2.24, 2.45) is 28.5 Å². The van der Waals surface area contributed by atoms with Crippen LogP contribution in [0.25, 0.3) is 11.2 Å². The number of fused-ring (bicyclic) bond motifs is 1. The summed E-state index contributed by atoms with van der Waals surface area (Å²) >= 11 is 0. The number of anilines is 2. The smallest absolute Gasteiger partial charge is 0.433 e. The molecule has 2 unspecified atom stereocenters. The summed E-state index contributed by atoms with van der Waals surface area (Å²) in [5.74, 6) is 2.77. The molecule has 1 saturated heterocycles. The highest BCUT2D eigenvalue weighted by Gasteiger charge is 2.34. The molecule has 39 heavy (non-hydrogen) atoms.